The first-order chi connectivity index (χ1) is 13.9. The molecule has 29 heavy (non-hydrogen) atoms. The first-order valence-electron chi connectivity index (χ1n) is 10.4. The Kier molecular flexibility index (Phi) is 5.15. The van der Waals surface area contributed by atoms with Gasteiger partial charge in [-0.15, -0.1) is 0 Å². The van der Waals surface area contributed by atoms with Crippen molar-refractivity contribution in [1.29, 1.82) is 0 Å². The maximum Gasteiger partial charge on any atom is 0.347 e. The first kappa shape index (κ1) is 19.6. The van der Waals surface area contributed by atoms with Crippen LogP contribution >= 0.6 is 0 Å². The summed E-state index contributed by atoms with van der Waals surface area (Å²) in [4.78, 5) is 13.0. The van der Waals surface area contributed by atoms with Gasteiger partial charge in [0.05, 0.1) is 5.76 Å². The highest BCUT2D eigenvalue weighted by molar-refractivity contribution is 5.39. The van der Waals surface area contributed by atoms with Gasteiger partial charge in [-0.25, -0.2) is 4.79 Å². The fourth-order valence-electron chi connectivity index (χ4n) is 4.35. The van der Waals surface area contributed by atoms with E-state index >= 15 is 0 Å². The van der Waals surface area contributed by atoms with Crippen LogP contribution in [0.4, 0.5) is 0 Å². The summed E-state index contributed by atoms with van der Waals surface area (Å²) in [6, 6.07) is 8.60. The highest BCUT2D eigenvalue weighted by atomic mass is 16.5. The average molecular weight is 396 g/mol. The third-order valence-electron chi connectivity index (χ3n) is 6.11. The van der Waals surface area contributed by atoms with Gasteiger partial charge < -0.3 is 19.4 Å². The van der Waals surface area contributed by atoms with Gasteiger partial charge >= 0.3 is 5.63 Å². The van der Waals surface area contributed by atoms with E-state index in [2.05, 4.69) is 0 Å². The molecule has 1 aliphatic carbocycles. The van der Waals surface area contributed by atoms with Gasteiger partial charge in [0.1, 0.15) is 28.4 Å². The zero-order valence-electron chi connectivity index (χ0n) is 17.0. The minimum atomic E-state index is -0.812. The number of allylic oxidation sites excluding steroid dienone is 1. The van der Waals surface area contributed by atoms with Crippen LogP contribution in [0.15, 0.2) is 51.4 Å². The molecule has 2 heterocycles. The molecule has 0 amide bonds. The number of rotatable bonds is 7. The van der Waals surface area contributed by atoms with E-state index in [4.69, 9.17) is 9.15 Å². The Morgan fingerprint density at radius 2 is 1.93 bits per heavy atom. The molecule has 154 valence electrons. The van der Waals surface area contributed by atoms with Crippen LogP contribution in [0, 0.1) is 5.92 Å². The van der Waals surface area contributed by atoms with Gasteiger partial charge in [-0.2, -0.15) is 0 Å². The second-order valence-corrected chi connectivity index (χ2v) is 8.43. The summed E-state index contributed by atoms with van der Waals surface area (Å²) < 4.78 is 11.8. The quantitative estimate of drug-likeness (QED) is 0.680. The third kappa shape index (κ3) is 4.04. The van der Waals surface area contributed by atoms with Crippen molar-refractivity contribution in [3.8, 4) is 11.5 Å². The van der Waals surface area contributed by atoms with Gasteiger partial charge in [0.2, 0.25) is 0 Å². The number of hydrogen-bond donors (Lipinski definition) is 2. The Morgan fingerprint density at radius 3 is 2.48 bits per heavy atom. The van der Waals surface area contributed by atoms with Crippen LogP contribution in [-0.4, -0.2) is 10.2 Å². The summed E-state index contributed by atoms with van der Waals surface area (Å²) in [5, 5.41) is 20.3. The lowest BCUT2D eigenvalue weighted by Gasteiger charge is -2.30. The normalized spacial score (nSPS) is 22.2. The Hall–Kier alpha value is -2.69. The number of aromatic hydroxyl groups is 2. The van der Waals surface area contributed by atoms with E-state index in [0.717, 1.165) is 37.0 Å². The van der Waals surface area contributed by atoms with Crippen molar-refractivity contribution in [3.05, 3.63) is 69.5 Å². The molecular weight excluding hydrogens is 368 g/mol. The van der Waals surface area contributed by atoms with Crippen molar-refractivity contribution in [2.24, 2.45) is 5.92 Å². The predicted octanol–water partition coefficient (Wildman–Crippen LogP) is 5.11. The van der Waals surface area contributed by atoms with Crippen LogP contribution in [0.3, 0.4) is 0 Å². The topological polar surface area (TPSA) is 79.9 Å². The van der Waals surface area contributed by atoms with Crippen molar-refractivity contribution in [1.82, 2.24) is 0 Å². The molecule has 0 spiro atoms. The molecular formula is C24H28O5. The van der Waals surface area contributed by atoms with Crippen LogP contribution in [0.5, 0.6) is 11.5 Å². The van der Waals surface area contributed by atoms with Crippen LogP contribution in [0.1, 0.15) is 68.8 Å². The molecule has 1 aliphatic heterocycles. The van der Waals surface area contributed by atoms with Gasteiger partial charge in [-0.05, 0) is 55.9 Å². The number of benzene rings is 1. The molecule has 2 N–H and O–H groups in total. The molecule has 5 nitrogen and oxygen atoms in total. The number of phenols is 1. The molecule has 0 radical (unpaired) electrons. The third-order valence-corrected chi connectivity index (χ3v) is 6.11. The van der Waals surface area contributed by atoms with E-state index in [0.29, 0.717) is 24.5 Å². The molecule has 0 bridgehead atoms. The summed E-state index contributed by atoms with van der Waals surface area (Å²) in [5.74, 6) is 1.94. The molecule has 1 aromatic carbocycles. The van der Waals surface area contributed by atoms with Crippen molar-refractivity contribution < 1.29 is 19.4 Å². The zero-order valence-corrected chi connectivity index (χ0v) is 17.0. The summed E-state index contributed by atoms with van der Waals surface area (Å²) in [7, 11) is 0. The monoisotopic (exact) mass is 396 g/mol. The highest BCUT2D eigenvalue weighted by Crippen LogP contribution is 2.49. The van der Waals surface area contributed by atoms with Gasteiger partial charge in [0.25, 0.3) is 0 Å². The summed E-state index contributed by atoms with van der Waals surface area (Å²) in [6.45, 7) is 3.91. The molecule has 2 aromatic rings. The molecule has 1 fully saturated rings. The van der Waals surface area contributed by atoms with Crippen LogP contribution < -0.4 is 5.63 Å². The first-order valence-corrected chi connectivity index (χ1v) is 10.4. The van der Waals surface area contributed by atoms with Crippen molar-refractivity contribution >= 4 is 0 Å². The SMILES string of the molecule is CCC(Cc1ccc(O)cc1)c1cc(O)c(C2(CC3CC3)CC=C(C)O2)c(=O)o1. The smallest absolute Gasteiger partial charge is 0.347 e. The molecule has 0 saturated heterocycles. The Labute approximate surface area is 170 Å². The van der Waals surface area contributed by atoms with Gasteiger partial charge in [-0.1, -0.05) is 31.9 Å². The maximum absolute atomic E-state index is 13.0. The number of ether oxygens (including phenoxy) is 1. The summed E-state index contributed by atoms with van der Waals surface area (Å²) in [6.07, 6.45) is 6.98. The standard InChI is InChI=1S/C24H28O5/c1-3-18(12-16-6-8-19(25)9-7-16)21-13-20(26)22(23(27)28-21)24(14-17-4-5-17)11-10-15(2)29-24/h6-10,13,17-18,25-26H,3-5,11-12,14H2,1-2H3. The van der Waals surface area contributed by atoms with Crippen LogP contribution in [-0.2, 0) is 16.8 Å². The number of phenolic OH excluding ortho intramolecular Hbond substituents is 1. The predicted molar refractivity (Wildman–Crippen MR) is 110 cm³/mol. The van der Waals surface area contributed by atoms with Crippen LogP contribution in [0.2, 0.25) is 0 Å². The Morgan fingerprint density at radius 1 is 1.21 bits per heavy atom. The van der Waals surface area contributed by atoms with E-state index in [1.807, 2.05) is 32.1 Å². The maximum atomic E-state index is 13.0. The molecule has 2 unspecified atom stereocenters. The lowest BCUT2D eigenvalue weighted by Crippen LogP contribution is -2.32. The van der Waals surface area contributed by atoms with E-state index in [-0.39, 0.29) is 23.0 Å². The van der Waals surface area contributed by atoms with E-state index in [9.17, 15) is 15.0 Å². The lowest BCUT2D eigenvalue weighted by molar-refractivity contribution is 0.00456. The highest BCUT2D eigenvalue weighted by Gasteiger charge is 2.46. The minimum Gasteiger partial charge on any atom is -0.508 e. The molecule has 2 atom stereocenters. The molecule has 4 rings (SSSR count). The van der Waals surface area contributed by atoms with Gasteiger partial charge in [0, 0.05) is 18.4 Å². The van der Waals surface area contributed by atoms with E-state index in [1.165, 1.54) is 0 Å². The van der Waals surface area contributed by atoms with E-state index in [1.54, 1.807) is 18.2 Å². The zero-order chi connectivity index (χ0) is 20.6. The summed E-state index contributed by atoms with van der Waals surface area (Å²) >= 11 is 0. The average Bonchev–Trinajstić information content (AvgIpc) is 3.41. The lowest BCUT2D eigenvalue weighted by atomic mass is 9.85. The molecule has 5 heteroatoms. The molecule has 1 saturated carbocycles. The van der Waals surface area contributed by atoms with Crippen molar-refractivity contribution in [2.45, 2.75) is 63.9 Å². The second-order valence-electron chi connectivity index (χ2n) is 8.43. The fourth-order valence-corrected chi connectivity index (χ4v) is 4.35. The molecule has 1 aromatic heterocycles. The second kappa shape index (κ2) is 7.62. The van der Waals surface area contributed by atoms with Gasteiger partial charge in [0.15, 0.2) is 0 Å². The molecule has 2 aliphatic rings. The number of hydrogen-bond acceptors (Lipinski definition) is 5. The van der Waals surface area contributed by atoms with Crippen molar-refractivity contribution in [3.63, 3.8) is 0 Å². The van der Waals surface area contributed by atoms with Gasteiger partial charge in [-0.3, -0.25) is 0 Å². The Balaban J connectivity index is 1.65. The Bertz CT molecular complexity index is 968. The van der Waals surface area contributed by atoms with Crippen LogP contribution in [0.25, 0.3) is 0 Å². The largest absolute Gasteiger partial charge is 0.508 e. The fraction of sp³-hybridized carbons (Fsp3) is 0.458. The minimum absolute atomic E-state index is 0.0378. The summed E-state index contributed by atoms with van der Waals surface area (Å²) in [5.41, 5.74) is -0.0358. The van der Waals surface area contributed by atoms with Crippen molar-refractivity contribution in [2.75, 3.05) is 0 Å². The van der Waals surface area contributed by atoms with E-state index < -0.39 is 11.2 Å².